The molecule has 0 atom stereocenters. The highest BCUT2D eigenvalue weighted by molar-refractivity contribution is 5.96. The summed E-state index contributed by atoms with van der Waals surface area (Å²) in [4.78, 5) is 7.58. The summed E-state index contributed by atoms with van der Waals surface area (Å²) in [5, 5.41) is 0. The quantitative estimate of drug-likeness (QED) is 0.665. The maximum atomic E-state index is 4.45. The minimum atomic E-state index is 0.634. The van der Waals surface area contributed by atoms with Gasteiger partial charge in [-0.25, -0.2) is 0 Å². The van der Waals surface area contributed by atoms with E-state index in [-0.39, 0.29) is 0 Å². The van der Waals surface area contributed by atoms with Crippen LogP contribution in [0.5, 0.6) is 0 Å². The van der Waals surface area contributed by atoms with Gasteiger partial charge >= 0.3 is 0 Å². The molecule has 0 aliphatic carbocycles. The van der Waals surface area contributed by atoms with Gasteiger partial charge in [-0.3, -0.25) is 4.99 Å². The number of nitrogens with one attached hydrogen (secondary N) is 1. The molecule has 1 rings (SSSR count). The molecule has 2 heteroatoms. The van der Waals surface area contributed by atoms with Gasteiger partial charge in [0.25, 0.3) is 0 Å². The van der Waals surface area contributed by atoms with Crippen molar-refractivity contribution in [3.8, 4) is 0 Å². The van der Waals surface area contributed by atoms with Gasteiger partial charge in [0, 0.05) is 12.7 Å². The van der Waals surface area contributed by atoms with Gasteiger partial charge in [0.05, 0.1) is 11.4 Å². The molecule has 0 aromatic carbocycles. The Balaban J connectivity index is 2.59. The van der Waals surface area contributed by atoms with Gasteiger partial charge in [-0.2, -0.15) is 0 Å². The molecular formula is C10H16N2. The number of hydrogen-bond acceptors (Lipinski definition) is 1. The number of aromatic nitrogens is 1. The highest BCUT2D eigenvalue weighted by atomic mass is 14.8. The zero-order valence-corrected chi connectivity index (χ0v) is 7.96. The summed E-state index contributed by atoms with van der Waals surface area (Å²) >= 11 is 0. The fourth-order valence-electron chi connectivity index (χ4n) is 0.960. The molecule has 1 aromatic heterocycles. The van der Waals surface area contributed by atoms with Gasteiger partial charge < -0.3 is 4.98 Å². The fourth-order valence-corrected chi connectivity index (χ4v) is 0.960. The van der Waals surface area contributed by atoms with Crippen molar-refractivity contribution in [2.75, 3.05) is 6.54 Å². The molecule has 0 fully saturated rings. The van der Waals surface area contributed by atoms with E-state index < -0.39 is 0 Å². The molecular weight excluding hydrogens is 148 g/mol. The summed E-state index contributed by atoms with van der Waals surface area (Å²) in [5.74, 6) is 0.634. The summed E-state index contributed by atoms with van der Waals surface area (Å²) in [6, 6.07) is 4.03. The molecule has 0 amide bonds. The Morgan fingerprint density at radius 2 is 2.33 bits per heavy atom. The van der Waals surface area contributed by atoms with Crippen LogP contribution >= 0.6 is 0 Å². The van der Waals surface area contributed by atoms with E-state index in [9.17, 15) is 0 Å². The standard InChI is InChI=1S/C10H16N2/c1-8(2)7-12-9(3)10-5-4-6-11-10/h4-6,8,11H,7H2,1-3H3. The molecule has 0 unspecified atom stereocenters. The molecule has 0 aliphatic heterocycles. The summed E-state index contributed by atoms with van der Waals surface area (Å²) in [6.45, 7) is 7.29. The van der Waals surface area contributed by atoms with Crippen LogP contribution in [0.2, 0.25) is 0 Å². The summed E-state index contributed by atoms with van der Waals surface area (Å²) in [6.07, 6.45) is 1.92. The van der Waals surface area contributed by atoms with E-state index in [1.165, 1.54) is 0 Å². The predicted molar refractivity (Wildman–Crippen MR) is 52.7 cm³/mol. The molecule has 0 saturated heterocycles. The average Bonchev–Trinajstić information content (AvgIpc) is 2.51. The highest BCUT2D eigenvalue weighted by Gasteiger charge is 1.96. The zero-order valence-electron chi connectivity index (χ0n) is 7.96. The first kappa shape index (κ1) is 9.04. The Hall–Kier alpha value is -1.05. The molecule has 12 heavy (non-hydrogen) atoms. The lowest BCUT2D eigenvalue weighted by molar-refractivity contribution is 0.665. The normalized spacial score (nSPS) is 12.5. The van der Waals surface area contributed by atoms with Crippen LogP contribution in [0.15, 0.2) is 23.3 Å². The molecule has 0 saturated carbocycles. The average molecular weight is 164 g/mol. The Kier molecular flexibility index (Phi) is 3.09. The van der Waals surface area contributed by atoms with Crippen molar-refractivity contribution in [3.05, 3.63) is 24.0 Å². The van der Waals surface area contributed by atoms with Crippen molar-refractivity contribution in [1.82, 2.24) is 4.98 Å². The van der Waals surface area contributed by atoms with Gasteiger partial charge in [-0.1, -0.05) is 13.8 Å². The Morgan fingerprint density at radius 3 is 2.83 bits per heavy atom. The van der Waals surface area contributed by atoms with E-state index in [1.807, 2.05) is 25.3 Å². The smallest absolute Gasteiger partial charge is 0.0591 e. The largest absolute Gasteiger partial charge is 0.360 e. The van der Waals surface area contributed by atoms with Gasteiger partial charge in [-0.15, -0.1) is 0 Å². The van der Waals surface area contributed by atoms with Gasteiger partial charge in [-0.05, 0) is 25.0 Å². The van der Waals surface area contributed by atoms with E-state index >= 15 is 0 Å². The third kappa shape index (κ3) is 2.53. The second-order valence-electron chi connectivity index (χ2n) is 3.40. The van der Waals surface area contributed by atoms with E-state index in [1.54, 1.807) is 0 Å². The fraction of sp³-hybridized carbons (Fsp3) is 0.500. The van der Waals surface area contributed by atoms with Crippen LogP contribution in [-0.2, 0) is 0 Å². The minimum Gasteiger partial charge on any atom is -0.360 e. The number of rotatable bonds is 3. The predicted octanol–water partition coefficient (Wildman–Crippen LogP) is 2.48. The van der Waals surface area contributed by atoms with Crippen LogP contribution in [0.4, 0.5) is 0 Å². The SMILES string of the molecule is CC(=NCC(C)C)c1ccc[nH]1. The summed E-state index contributed by atoms with van der Waals surface area (Å²) < 4.78 is 0. The number of H-pyrrole nitrogens is 1. The molecule has 1 heterocycles. The lowest BCUT2D eigenvalue weighted by atomic mass is 10.2. The Labute approximate surface area is 73.7 Å². The molecule has 1 aromatic rings. The van der Waals surface area contributed by atoms with Crippen molar-refractivity contribution >= 4 is 5.71 Å². The molecule has 66 valence electrons. The zero-order chi connectivity index (χ0) is 8.97. The highest BCUT2D eigenvalue weighted by Crippen LogP contribution is 1.99. The van der Waals surface area contributed by atoms with Crippen LogP contribution < -0.4 is 0 Å². The molecule has 1 N–H and O–H groups in total. The second kappa shape index (κ2) is 4.10. The number of nitrogens with zero attached hydrogens (tertiary/aromatic N) is 1. The Bertz CT molecular complexity index is 245. The molecule has 2 nitrogen and oxygen atoms in total. The molecule has 0 aliphatic rings. The maximum absolute atomic E-state index is 4.45. The van der Waals surface area contributed by atoms with Crippen molar-refractivity contribution in [2.45, 2.75) is 20.8 Å². The van der Waals surface area contributed by atoms with Crippen LogP contribution in [0.3, 0.4) is 0 Å². The van der Waals surface area contributed by atoms with Crippen molar-refractivity contribution < 1.29 is 0 Å². The van der Waals surface area contributed by atoms with Crippen molar-refractivity contribution in [3.63, 3.8) is 0 Å². The second-order valence-corrected chi connectivity index (χ2v) is 3.40. The molecule has 0 bridgehead atoms. The monoisotopic (exact) mass is 164 g/mol. The van der Waals surface area contributed by atoms with Crippen LogP contribution in [0.25, 0.3) is 0 Å². The molecule has 0 spiro atoms. The third-order valence-corrected chi connectivity index (χ3v) is 1.68. The van der Waals surface area contributed by atoms with E-state index in [4.69, 9.17) is 0 Å². The lowest BCUT2D eigenvalue weighted by Gasteiger charge is -2.00. The van der Waals surface area contributed by atoms with Crippen LogP contribution in [-0.4, -0.2) is 17.2 Å². The first-order valence-corrected chi connectivity index (χ1v) is 4.35. The maximum Gasteiger partial charge on any atom is 0.0591 e. The van der Waals surface area contributed by atoms with Gasteiger partial charge in [0.15, 0.2) is 0 Å². The lowest BCUT2D eigenvalue weighted by Crippen LogP contribution is -2.00. The van der Waals surface area contributed by atoms with Crippen LogP contribution in [0.1, 0.15) is 26.5 Å². The molecule has 0 radical (unpaired) electrons. The minimum absolute atomic E-state index is 0.634. The first-order chi connectivity index (χ1) is 5.70. The number of aliphatic imine (C=N–C) groups is 1. The number of aromatic amines is 1. The number of hydrogen-bond donors (Lipinski definition) is 1. The van der Waals surface area contributed by atoms with Crippen LogP contribution in [0, 0.1) is 5.92 Å². The van der Waals surface area contributed by atoms with E-state index in [0.717, 1.165) is 18.0 Å². The van der Waals surface area contributed by atoms with E-state index in [0.29, 0.717) is 5.92 Å². The first-order valence-electron chi connectivity index (χ1n) is 4.35. The Morgan fingerprint density at radius 1 is 1.58 bits per heavy atom. The van der Waals surface area contributed by atoms with Gasteiger partial charge in [0.1, 0.15) is 0 Å². The van der Waals surface area contributed by atoms with Crippen molar-refractivity contribution in [2.24, 2.45) is 10.9 Å². The van der Waals surface area contributed by atoms with Crippen molar-refractivity contribution in [1.29, 1.82) is 0 Å². The third-order valence-electron chi connectivity index (χ3n) is 1.68. The van der Waals surface area contributed by atoms with Gasteiger partial charge in [0.2, 0.25) is 0 Å². The summed E-state index contributed by atoms with van der Waals surface area (Å²) in [7, 11) is 0. The summed E-state index contributed by atoms with van der Waals surface area (Å²) in [5.41, 5.74) is 2.21. The van der Waals surface area contributed by atoms with E-state index in [2.05, 4.69) is 23.8 Å². The topological polar surface area (TPSA) is 28.1 Å².